The maximum absolute atomic E-state index is 12.6. The van der Waals surface area contributed by atoms with E-state index in [1.54, 1.807) is 38.0 Å². The van der Waals surface area contributed by atoms with Crippen molar-refractivity contribution in [2.75, 3.05) is 39.6 Å². The second kappa shape index (κ2) is 11.5. The van der Waals surface area contributed by atoms with Crippen LogP contribution in [0, 0.1) is 0 Å². The lowest BCUT2D eigenvalue weighted by Crippen LogP contribution is -2.37. The summed E-state index contributed by atoms with van der Waals surface area (Å²) in [4.78, 5) is 25.8. The number of hydrogen-bond donors (Lipinski definition) is 0. The van der Waals surface area contributed by atoms with Gasteiger partial charge in [0.05, 0.1) is 28.2 Å². The molecule has 0 N–H and O–H groups in total. The molecule has 0 bridgehead atoms. The number of likely N-dealkylation sites (N-methyl/N-ethyl adjacent to an activating group) is 1. The molecule has 0 saturated carbocycles. The third kappa shape index (κ3) is 6.83. The number of aliphatic carboxylic acids is 2. The topological polar surface area (TPSA) is 124 Å². The Labute approximate surface area is 204 Å². The Morgan fingerprint density at radius 2 is 1.53 bits per heavy atom. The van der Waals surface area contributed by atoms with Crippen LogP contribution in [-0.4, -0.2) is 70.3 Å². The van der Waals surface area contributed by atoms with Crippen molar-refractivity contribution in [3.8, 4) is 0 Å². The van der Waals surface area contributed by atoms with Gasteiger partial charge >= 0.3 is 0 Å². The highest BCUT2D eigenvalue weighted by Crippen LogP contribution is 2.48. The summed E-state index contributed by atoms with van der Waals surface area (Å²) in [5, 5.41) is 18.8. The fraction of sp³-hybridized carbons (Fsp3) is 0.304. The molecule has 1 aliphatic rings. The minimum atomic E-state index is -3.47. The van der Waals surface area contributed by atoms with Crippen LogP contribution in [0.2, 0.25) is 0 Å². The van der Waals surface area contributed by atoms with Crippen LogP contribution in [0.15, 0.2) is 69.3 Å². The van der Waals surface area contributed by atoms with Crippen LogP contribution in [0.25, 0.3) is 0 Å². The van der Waals surface area contributed by atoms with Crippen molar-refractivity contribution in [1.29, 1.82) is 0 Å². The smallest absolute Gasteiger partial charge is 0.242 e. The summed E-state index contributed by atoms with van der Waals surface area (Å²) in [5.74, 6) is -3.09. The Morgan fingerprint density at radius 3 is 2.06 bits per heavy atom. The summed E-state index contributed by atoms with van der Waals surface area (Å²) in [7, 11) is 3.77. The fourth-order valence-electron chi connectivity index (χ4n) is 2.94. The number of carboxylic acids is 2. The number of anilines is 2. The van der Waals surface area contributed by atoms with E-state index < -0.39 is 22.0 Å². The van der Waals surface area contributed by atoms with Gasteiger partial charge in [-0.2, -0.15) is 0 Å². The van der Waals surface area contributed by atoms with Gasteiger partial charge in [0.25, 0.3) is 0 Å². The number of para-hydroxylation sites is 1. The van der Waals surface area contributed by atoms with E-state index in [9.17, 15) is 28.2 Å². The molecule has 0 radical (unpaired) electrons. The third-order valence-electron chi connectivity index (χ3n) is 5.06. The van der Waals surface area contributed by atoms with Crippen molar-refractivity contribution in [2.45, 2.75) is 27.7 Å². The van der Waals surface area contributed by atoms with Crippen LogP contribution in [-0.2, 0) is 19.6 Å². The number of fused-ring (bicyclic) bond motifs is 2. The third-order valence-corrected chi connectivity index (χ3v) is 8.00. The molecule has 1 unspecified atom stereocenters. The number of carbonyl (C=O) groups is 2. The van der Waals surface area contributed by atoms with Gasteiger partial charge in [-0.15, -0.1) is 0 Å². The largest absolute Gasteiger partial charge is 0.545 e. The Hall–Kier alpha value is -2.86. The summed E-state index contributed by atoms with van der Waals surface area (Å²) in [6.45, 7) is 2.95. The maximum atomic E-state index is 12.6. The van der Waals surface area contributed by atoms with Crippen molar-refractivity contribution >= 4 is 45.1 Å². The summed E-state index contributed by atoms with van der Waals surface area (Å²) in [5.41, 5.74) is 2.07. The van der Waals surface area contributed by atoms with Gasteiger partial charge in [-0.25, -0.2) is 12.7 Å². The molecule has 34 heavy (non-hydrogen) atoms. The highest BCUT2D eigenvalue weighted by molar-refractivity contribution is 7.99. The number of nitrogens with zero attached hydrogens (tertiary/aromatic N) is 3. The molecule has 0 saturated heterocycles. The average molecular weight is 506 g/mol. The molecular weight excluding hydrogens is 478 g/mol. The van der Waals surface area contributed by atoms with E-state index in [4.69, 9.17) is 0 Å². The zero-order chi connectivity index (χ0) is 25.6. The highest BCUT2D eigenvalue weighted by Gasteiger charge is 2.27. The lowest BCUT2D eigenvalue weighted by Gasteiger charge is -2.36. The predicted molar refractivity (Wildman–Crippen MR) is 127 cm³/mol. The van der Waals surface area contributed by atoms with Gasteiger partial charge in [0.15, 0.2) is 0 Å². The number of carboxylic acid groups (broad SMARTS) is 2. The minimum absolute atomic E-state index is 0.313. The molecule has 0 aromatic heterocycles. The number of hydrogen-bond acceptors (Lipinski definition) is 9. The number of carbonyl (C=O) groups excluding carboxylic acids is 2. The number of benzene rings is 2. The molecule has 9 nitrogen and oxygen atoms in total. The Bertz CT molecular complexity index is 1160. The molecule has 0 fully saturated rings. The maximum Gasteiger partial charge on any atom is 0.242 e. The molecule has 11 heteroatoms. The lowest BCUT2D eigenvalue weighted by atomic mass is 10.2. The molecule has 1 atom stereocenters. The van der Waals surface area contributed by atoms with Crippen molar-refractivity contribution in [3.05, 3.63) is 54.6 Å². The van der Waals surface area contributed by atoms with Gasteiger partial charge in [-0.3, -0.25) is 0 Å². The van der Waals surface area contributed by atoms with E-state index in [2.05, 4.69) is 43.0 Å². The minimum Gasteiger partial charge on any atom is -0.545 e. The lowest BCUT2D eigenvalue weighted by molar-refractivity contribution is -0.301. The van der Waals surface area contributed by atoms with Gasteiger partial charge in [0, 0.05) is 36.5 Å². The molecule has 1 heterocycles. The van der Waals surface area contributed by atoms with Crippen LogP contribution >= 0.6 is 11.8 Å². The van der Waals surface area contributed by atoms with Crippen molar-refractivity contribution in [2.24, 2.45) is 0 Å². The monoisotopic (exact) mass is 505 g/mol. The summed E-state index contributed by atoms with van der Waals surface area (Å²) >= 11 is 1.69. The second-order valence-corrected chi connectivity index (χ2v) is 11.1. The first kappa shape index (κ1) is 27.4. The Kier molecular flexibility index (Phi) is 9.28. The second-order valence-electron chi connectivity index (χ2n) is 7.88. The van der Waals surface area contributed by atoms with Gasteiger partial charge in [0.1, 0.15) is 0 Å². The zero-order valence-electron chi connectivity index (χ0n) is 19.6. The van der Waals surface area contributed by atoms with Gasteiger partial charge < -0.3 is 29.6 Å². The molecule has 0 amide bonds. The zero-order valence-corrected chi connectivity index (χ0v) is 21.2. The van der Waals surface area contributed by atoms with Gasteiger partial charge in [-0.1, -0.05) is 23.9 Å². The van der Waals surface area contributed by atoms with Crippen LogP contribution in [0.3, 0.4) is 0 Å². The van der Waals surface area contributed by atoms with Crippen LogP contribution in [0.5, 0.6) is 0 Å². The van der Waals surface area contributed by atoms with Crippen LogP contribution in [0.1, 0.15) is 6.92 Å². The number of sulfonamides is 1. The molecule has 0 aliphatic carbocycles. The van der Waals surface area contributed by atoms with Crippen molar-refractivity contribution < 1.29 is 28.2 Å². The van der Waals surface area contributed by atoms with Crippen molar-refractivity contribution in [3.63, 3.8) is 0 Å². The van der Waals surface area contributed by atoms with Gasteiger partial charge in [-0.05, 0) is 63.5 Å². The fourth-order valence-corrected chi connectivity index (χ4v) is 4.94. The number of rotatable bonds is 7. The molecule has 0 spiro atoms. The van der Waals surface area contributed by atoms with E-state index in [0.29, 0.717) is 23.1 Å². The summed E-state index contributed by atoms with van der Waals surface area (Å²) < 4.78 is 26.4. The van der Waals surface area contributed by atoms with Gasteiger partial charge in [0.2, 0.25) is 10.0 Å². The Balaban J connectivity index is 0.000000440. The van der Waals surface area contributed by atoms with Crippen LogP contribution < -0.4 is 15.1 Å². The average Bonchev–Trinajstić information content (AvgIpc) is 2.77. The normalized spacial score (nSPS) is 13.8. The molecule has 3 rings (SSSR count). The quantitative estimate of drug-likeness (QED) is 0.496. The van der Waals surface area contributed by atoms with E-state index in [1.807, 2.05) is 18.2 Å². The molecule has 1 aliphatic heterocycles. The summed E-state index contributed by atoms with van der Waals surface area (Å²) in [6, 6.07) is 14.0. The first-order chi connectivity index (χ1) is 15.8. The molecule has 2 aromatic carbocycles. The summed E-state index contributed by atoms with van der Waals surface area (Å²) in [6.07, 6.45) is 0.769. The SMILES string of the molecule is CC(CN1c2ccccc2Sc2ccc(S(=O)(=O)N(C)C)cc21)N(C)C.O=C([O-])C=CC(=O)[O-]. The standard InChI is InChI=1S/C19H25N3O2S2.C4H4O4/c1-14(20(2)3)13-22-16-8-6-7-9-18(16)25-19-11-10-15(12-17(19)22)26(23,24)21(4)5;5-3(6)1-2-4(7)8/h6-12,14H,13H2,1-5H3;1-2H,(H,5,6)(H,7,8)/p-2. The van der Waals surface area contributed by atoms with E-state index in [1.165, 1.54) is 9.20 Å². The predicted octanol–water partition coefficient (Wildman–Crippen LogP) is 0.532. The first-order valence-electron chi connectivity index (χ1n) is 10.2. The van der Waals surface area contributed by atoms with E-state index in [0.717, 1.165) is 22.8 Å². The highest BCUT2D eigenvalue weighted by atomic mass is 32.2. The first-order valence-corrected chi connectivity index (χ1v) is 12.5. The molecule has 2 aromatic rings. The van der Waals surface area contributed by atoms with E-state index in [-0.39, 0.29) is 0 Å². The molecule has 184 valence electrons. The van der Waals surface area contributed by atoms with Crippen molar-refractivity contribution in [1.82, 2.24) is 9.21 Å². The Morgan fingerprint density at radius 1 is 0.971 bits per heavy atom. The molecular formula is C23H27N3O6S2-2. The van der Waals surface area contributed by atoms with Crippen LogP contribution in [0.4, 0.5) is 11.4 Å². The van der Waals surface area contributed by atoms with E-state index >= 15 is 0 Å².